The van der Waals surface area contributed by atoms with Crippen molar-refractivity contribution in [2.45, 2.75) is 40.9 Å². The van der Waals surface area contributed by atoms with Crippen molar-refractivity contribution in [1.29, 1.82) is 0 Å². The van der Waals surface area contributed by atoms with Gasteiger partial charge in [-0.2, -0.15) is 4.31 Å². The zero-order valence-electron chi connectivity index (χ0n) is 19.1. The molecule has 2 aromatic carbocycles. The fourth-order valence-electron chi connectivity index (χ4n) is 3.53. The lowest BCUT2D eigenvalue weighted by Gasteiger charge is -2.25. The van der Waals surface area contributed by atoms with Crippen LogP contribution in [0.5, 0.6) is 5.75 Å². The van der Waals surface area contributed by atoms with Crippen molar-refractivity contribution in [1.82, 2.24) is 9.03 Å². The third-order valence-corrected chi connectivity index (χ3v) is 9.40. The molecule has 1 aliphatic heterocycles. The zero-order chi connectivity index (χ0) is 24.8. The van der Waals surface area contributed by atoms with Gasteiger partial charge in [-0.3, -0.25) is 4.79 Å². The second-order valence-corrected chi connectivity index (χ2v) is 12.3. The van der Waals surface area contributed by atoms with Crippen LogP contribution in [0.2, 0.25) is 0 Å². The molecule has 0 aliphatic carbocycles. The fraction of sp³-hybridized carbons (Fsp3) is 0.409. The molecule has 12 heteroatoms. The highest BCUT2D eigenvalue weighted by Crippen LogP contribution is 2.28. The number of thioether (sulfide) groups is 1. The number of piperidine rings is 1. The lowest BCUT2D eigenvalue weighted by Crippen LogP contribution is -2.35. The van der Waals surface area contributed by atoms with Crippen molar-refractivity contribution < 1.29 is 26.4 Å². The number of benzene rings is 2. The number of rotatable bonds is 10. The second kappa shape index (κ2) is 11.5. The van der Waals surface area contributed by atoms with Gasteiger partial charge in [0.15, 0.2) is 0 Å². The van der Waals surface area contributed by atoms with E-state index < -0.39 is 20.0 Å². The van der Waals surface area contributed by atoms with Gasteiger partial charge in [0, 0.05) is 31.5 Å². The largest absolute Gasteiger partial charge is 0.492 e. The maximum Gasteiger partial charge on any atom is 0.243 e. The highest BCUT2D eigenvalue weighted by molar-refractivity contribution is 7.98. The highest BCUT2D eigenvalue weighted by atomic mass is 32.2. The average molecular weight is 528 g/mol. The van der Waals surface area contributed by atoms with Gasteiger partial charge >= 0.3 is 0 Å². The van der Waals surface area contributed by atoms with Crippen LogP contribution in [0.15, 0.2) is 57.2 Å². The van der Waals surface area contributed by atoms with Gasteiger partial charge in [0.25, 0.3) is 0 Å². The molecule has 0 bridgehead atoms. The van der Waals surface area contributed by atoms with Gasteiger partial charge in [-0.25, -0.2) is 21.6 Å². The van der Waals surface area contributed by atoms with Crippen LogP contribution in [0.25, 0.3) is 0 Å². The Kier molecular flexibility index (Phi) is 8.99. The number of carbonyl (C=O) groups is 1. The zero-order valence-corrected chi connectivity index (χ0v) is 21.6. The predicted molar refractivity (Wildman–Crippen MR) is 132 cm³/mol. The number of carbonyl (C=O) groups excluding carboxylic acids is 1. The van der Waals surface area contributed by atoms with Gasteiger partial charge in [0.05, 0.1) is 15.5 Å². The van der Waals surface area contributed by atoms with Crippen LogP contribution in [0.3, 0.4) is 0 Å². The Labute approximate surface area is 205 Å². The summed E-state index contributed by atoms with van der Waals surface area (Å²) in [6.45, 7) is 2.49. The number of anilines is 1. The van der Waals surface area contributed by atoms with Gasteiger partial charge in [-0.1, -0.05) is 6.42 Å². The van der Waals surface area contributed by atoms with Gasteiger partial charge in [-0.15, -0.1) is 11.8 Å². The van der Waals surface area contributed by atoms with E-state index >= 15 is 0 Å². The Morgan fingerprint density at radius 2 is 1.65 bits per heavy atom. The lowest BCUT2D eigenvalue weighted by atomic mass is 10.2. The standard InChI is InChI=1S/C22H29N3O6S3/c1-17(26)24-21-16-20(10-11-22(21)32-2)33(27,28)23-12-15-31-18-6-8-19(9-7-18)34(29,30)25-13-4-3-5-14-25/h6-11,16,23H,3-5,12-15H2,1-2H3,(H,24,26). The van der Waals surface area contributed by atoms with E-state index in [0.717, 1.165) is 24.2 Å². The van der Waals surface area contributed by atoms with Crippen LogP contribution in [0, 0.1) is 0 Å². The Balaban J connectivity index is 1.56. The van der Waals surface area contributed by atoms with Crippen LogP contribution in [-0.4, -0.2) is 59.5 Å². The summed E-state index contributed by atoms with van der Waals surface area (Å²) in [5.74, 6) is 0.148. The molecule has 1 heterocycles. The van der Waals surface area contributed by atoms with Crippen LogP contribution in [0.4, 0.5) is 5.69 Å². The maximum absolute atomic E-state index is 12.7. The van der Waals surface area contributed by atoms with E-state index in [2.05, 4.69) is 10.0 Å². The normalized spacial score (nSPS) is 15.1. The number of sulfonamides is 2. The topological polar surface area (TPSA) is 122 Å². The van der Waals surface area contributed by atoms with Crippen molar-refractivity contribution in [2.75, 3.05) is 37.8 Å². The summed E-state index contributed by atoms with van der Waals surface area (Å²) in [5, 5.41) is 2.64. The van der Waals surface area contributed by atoms with Crippen molar-refractivity contribution in [2.24, 2.45) is 0 Å². The van der Waals surface area contributed by atoms with E-state index in [1.165, 1.54) is 47.3 Å². The van der Waals surface area contributed by atoms with Gasteiger partial charge in [0.1, 0.15) is 12.4 Å². The fourth-order valence-corrected chi connectivity index (χ4v) is 6.62. The highest BCUT2D eigenvalue weighted by Gasteiger charge is 2.25. The van der Waals surface area contributed by atoms with E-state index in [1.54, 1.807) is 18.2 Å². The number of nitrogens with one attached hydrogen (secondary N) is 2. The minimum atomic E-state index is -3.81. The molecule has 2 aromatic rings. The quantitative estimate of drug-likeness (QED) is 0.360. The van der Waals surface area contributed by atoms with E-state index in [0.29, 0.717) is 24.5 Å². The van der Waals surface area contributed by atoms with Gasteiger partial charge < -0.3 is 10.1 Å². The number of hydrogen-bond acceptors (Lipinski definition) is 7. The monoisotopic (exact) mass is 527 g/mol. The van der Waals surface area contributed by atoms with Crippen molar-refractivity contribution >= 4 is 43.4 Å². The molecule has 1 aliphatic rings. The second-order valence-electron chi connectivity index (χ2n) is 7.73. The molecule has 0 radical (unpaired) electrons. The molecular formula is C22H29N3O6S3. The molecule has 9 nitrogen and oxygen atoms in total. The maximum atomic E-state index is 12.7. The summed E-state index contributed by atoms with van der Waals surface area (Å²) < 4.78 is 60.2. The Hall–Kier alpha value is -2.12. The number of hydrogen-bond donors (Lipinski definition) is 2. The van der Waals surface area contributed by atoms with Gasteiger partial charge in [0.2, 0.25) is 26.0 Å². The molecule has 1 saturated heterocycles. The first kappa shape index (κ1) is 26.5. The van der Waals surface area contributed by atoms with Crippen LogP contribution >= 0.6 is 11.8 Å². The molecule has 186 valence electrons. The first-order chi connectivity index (χ1) is 16.1. The molecule has 34 heavy (non-hydrogen) atoms. The summed E-state index contributed by atoms with van der Waals surface area (Å²) in [4.78, 5) is 12.4. The third-order valence-electron chi connectivity index (χ3n) is 5.23. The Morgan fingerprint density at radius 3 is 2.26 bits per heavy atom. The molecule has 0 spiro atoms. The summed E-state index contributed by atoms with van der Waals surface area (Å²) in [5.41, 5.74) is 0.429. The SMILES string of the molecule is CSc1ccc(S(=O)(=O)NCCOc2ccc(S(=O)(=O)N3CCCCC3)cc2)cc1NC(C)=O. The molecule has 1 fully saturated rings. The van der Waals surface area contributed by atoms with E-state index in [4.69, 9.17) is 4.74 Å². The van der Waals surface area contributed by atoms with E-state index in [9.17, 15) is 21.6 Å². The van der Waals surface area contributed by atoms with Crippen LogP contribution in [0.1, 0.15) is 26.2 Å². The van der Waals surface area contributed by atoms with Gasteiger partial charge in [-0.05, 0) is 61.6 Å². The number of amides is 1. The summed E-state index contributed by atoms with van der Waals surface area (Å²) in [6.07, 6.45) is 4.61. The molecule has 0 saturated carbocycles. The molecule has 0 aromatic heterocycles. The van der Waals surface area contributed by atoms with Crippen molar-refractivity contribution in [3.05, 3.63) is 42.5 Å². The lowest BCUT2D eigenvalue weighted by molar-refractivity contribution is -0.114. The Bertz CT molecular complexity index is 1210. The molecular weight excluding hydrogens is 498 g/mol. The molecule has 1 amide bonds. The van der Waals surface area contributed by atoms with Crippen LogP contribution in [-0.2, 0) is 24.8 Å². The Morgan fingerprint density at radius 1 is 1.00 bits per heavy atom. The summed E-state index contributed by atoms with van der Waals surface area (Å²) in [7, 11) is -7.32. The summed E-state index contributed by atoms with van der Waals surface area (Å²) in [6, 6.07) is 10.7. The number of ether oxygens (including phenoxy) is 1. The molecule has 3 rings (SSSR count). The molecule has 2 N–H and O–H groups in total. The minimum absolute atomic E-state index is 0.00983. The van der Waals surface area contributed by atoms with E-state index in [-0.39, 0.29) is 28.8 Å². The van der Waals surface area contributed by atoms with E-state index in [1.807, 2.05) is 6.26 Å². The molecule has 0 unspecified atom stereocenters. The first-order valence-corrected chi connectivity index (χ1v) is 15.0. The first-order valence-electron chi connectivity index (χ1n) is 10.8. The van der Waals surface area contributed by atoms with Crippen molar-refractivity contribution in [3.8, 4) is 5.75 Å². The van der Waals surface area contributed by atoms with Crippen molar-refractivity contribution in [3.63, 3.8) is 0 Å². The number of nitrogens with zero attached hydrogens (tertiary/aromatic N) is 1. The van der Waals surface area contributed by atoms with Crippen LogP contribution < -0.4 is 14.8 Å². The molecule has 0 atom stereocenters. The minimum Gasteiger partial charge on any atom is -0.492 e. The third kappa shape index (κ3) is 6.72. The summed E-state index contributed by atoms with van der Waals surface area (Å²) >= 11 is 1.40. The average Bonchev–Trinajstić information content (AvgIpc) is 2.82. The predicted octanol–water partition coefficient (Wildman–Crippen LogP) is 2.90. The smallest absolute Gasteiger partial charge is 0.243 e.